The van der Waals surface area contributed by atoms with Gasteiger partial charge in [0.2, 0.25) is 0 Å². The van der Waals surface area contributed by atoms with Crippen LogP contribution in [-0.2, 0) is 17.8 Å². The molecule has 2 rings (SSSR count). The van der Waals surface area contributed by atoms with Crippen molar-refractivity contribution in [2.24, 2.45) is 0 Å². The van der Waals surface area contributed by atoms with Crippen molar-refractivity contribution in [2.75, 3.05) is 18.9 Å². The molecule has 1 aliphatic rings. The maximum absolute atomic E-state index is 5.97. The quantitative estimate of drug-likeness (QED) is 0.816. The van der Waals surface area contributed by atoms with Gasteiger partial charge in [-0.3, -0.25) is 4.90 Å². The molecule has 94 valence electrons. The van der Waals surface area contributed by atoms with E-state index in [1.807, 2.05) is 12.1 Å². The first kappa shape index (κ1) is 12.4. The van der Waals surface area contributed by atoms with Crippen LogP contribution in [0, 0.1) is 0 Å². The molecule has 1 aromatic carbocycles. The highest BCUT2D eigenvalue weighted by Gasteiger charge is 2.20. The summed E-state index contributed by atoms with van der Waals surface area (Å²) in [6.45, 7) is 9.95. The second kappa shape index (κ2) is 4.67. The van der Waals surface area contributed by atoms with Gasteiger partial charge in [-0.25, -0.2) is 0 Å². The van der Waals surface area contributed by atoms with E-state index in [1.54, 1.807) is 0 Å². The largest absolute Gasteiger partial charge is 0.398 e. The van der Waals surface area contributed by atoms with Crippen molar-refractivity contribution >= 4 is 5.69 Å². The van der Waals surface area contributed by atoms with Gasteiger partial charge in [0.1, 0.15) is 0 Å². The standard InChI is InChI=1S/C14H22N2O/c1-14(2,3)17-8-7-16-9-11-5-4-6-13(15)12(11)10-16/h4-6H,7-10,15H2,1-3H3. The monoisotopic (exact) mass is 234 g/mol. The number of benzene rings is 1. The molecule has 0 unspecified atom stereocenters. The summed E-state index contributed by atoms with van der Waals surface area (Å²) in [7, 11) is 0. The van der Waals surface area contributed by atoms with E-state index in [1.165, 1.54) is 11.1 Å². The smallest absolute Gasteiger partial charge is 0.0600 e. The van der Waals surface area contributed by atoms with Crippen LogP contribution in [0.3, 0.4) is 0 Å². The summed E-state index contributed by atoms with van der Waals surface area (Å²) in [5.74, 6) is 0. The first-order chi connectivity index (χ1) is 7.96. The number of nitrogens with two attached hydrogens (primary N) is 1. The fourth-order valence-corrected chi connectivity index (χ4v) is 2.15. The fourth-order valence-electron chi connectivity index (χ4n) is 2.15. The Morgan fingerprint density at radius 2 is 2.06 bits per heavy atom. The van der Waals surface area contributed by atoms with Crippen LogP contribution in [0.4, 0.5) is 5.69 Å². The van der Waals surface area contributed by atoms with E-state index in [0.29, 0.717) is 0 Å². The first-order valence-electron chi connectivity index (χ1n) is 6.18. The summed E-state index contributed by atoms with van der Waals surface area (Å²) in [5.41, 5.74) is 9.50. The van der Waals surface area contributed by atoms with Crippen LogP contribution in [0.5, 0.6) is 0 Å². The summed E-state index contributed by atoms with van der Waals surface area (Å²) in [4.78, 5) is 2.38. The minimum absolute atomic E-state index is 0.0500. The van der Waals surface area contributed by atoms with Gasteiger partial charge < -0.3 is 10.5 Å². The first-order valence-corrected chi connectivity index (χ1v) is 6.18. The van der Waals surface area contributed by atoms with Crippen molar-refractivity contribution in [3.05, 3.63) is 29.3 Å². The topological polar surface area (TPSA) is 38.5 Å². The van der Waals surface area contributed by atoms with E-state index in [-0.39, 0.29) is 5.60 Å². The predicted molar refractivity (Wildman–Crippen MR) is 70.7 cm³/mol. The van der Waals surface area contributed by atoms with Crippen molar-refractivity contribution < 1.29 is 4.74 Å². The third kappa shape index (κ3) is 3.20. The molecule has 0 bridgehead atoms. The minimum atomic E-state index is -0.0500. The number of nitrogen functional groups attached to an aromatic ring is 1. The van der Waals surface area contributed by atoms with Gasteiger partial charge >= 0.3 is 0 Å². The molecule has 0 atom stereocenters. The number of rotatable bonds is 3. The lowest BCUT2D eigenvalue weighted by molar-refractivity contribution is -0.0135. The van der Waals surface area contributed by atoms with Crippen LogP contribution < -0.4 is 5.73 Å². The Morgan fingerprint density at radius 3 is 2.71 bits per heavy atom. The van der Waals surface area contributed by atoms with Gasteiger partial charge in [-0.1, -0.05) is 12.1 Å². The Labute approximate surface area is 104 Å². The van der Waals surface area contributed by atoms with Crippen LogP contribution in [0.15, 0.2) is 18.2 Å². The van der Waals surface area contributed by atoms with E-state index < -0.39 is 0 Å². The van der Waals surface area contributed by atoms with Crippen LogP contribution in [-0.4, -0.2) is 23.7 Å². The van der Waals surface area contributed by atoms with Crippen molar-refractivity contribution in [1.29, 1.82) is 0 Å². The fraction of sp³-hybridized carbons (Fsp3) is 0.571. The number of ether oxygens (including phenoxy) is 1. The Bertz CT molecular complexity index is 396. The molecule has 0 spiro atoms. The molecule has 2 N–H and O–H groups in total. The van der Waals surface area contributed by atoms with Crippen LogP contribution in [0.2, 0.25) is 0 Å². The predicted octanol–water partition coefficient (Wildman–Crippen LogP) is 2.40. The average molecular weight is 234 g/mol. The van der Waals surface area contributed by atoms with Crippen LogP contribution in [0.25, 0.3) is 0 Å². The molecule has 3 heteroatoms. The van der Waals surface area contributed by atoms with Crippen LogP contribution >= 0.6 is 0 Å². The van der Waals surface area contributed by atoms with Gasteiger partial charge in [0.15, 0.2) is 0 Å². The lowest BCUT2D eigenvalue weighted by Gasteiger charge is -2.22. The molecule has 0 aromatic heterocycles. The van der Waals surface area contributed by atoms with E-state index in [2.05, 4.69) is 31.7 Å². The molecule has 0 radical (unpaired) electrons. The molecule has 0 saturated carbocycles. The number of anilines is 1. The highest BCUT2D eigenvalue weighted by Crippen LogP contribution is 2.27. The van der Waals surface area contributed by atoms with E-state index in [9.17, 15) is 0 Å². The Hall–Kier alpha value is -1.06. The third-order valence-electron chi connectivity index (χ3n) is 3.03. The number of nitrogens with zero attached hydrogens (tertiary/aromatic N) is 1. The molecule has 1 aromatic rings. The molecule has 3 nitrogen and oxygen atoms in total. The van der Waals surface area contributed by atoms with Gasteiger partial charge in [0.25, 0.3) is 0 Å². The van der Waals surface area contributed by atoms with Crippen molar-refractivity contribution in [3.8, 4) is 0 Å². The summed E-state index contributed by atoms with van der Waals surface area (Å²) in [5, 5.41) is 0. The summed E-state index contributed by atoms with van der Waals surface area (Å²) >= 11 is 0. The zero-order chi connectivity index (χ0) is 12.5. The van der Waals surface area contributed by atoms with Gasteiger partial charge in [-0.05, 0) is 38.0 Å². The maximum atomic E-state index is 5.97. The van der Waals surface area contributed by atoms with Crippen molar-refractivity contribution in [2.45, 2.75) is 39.5 Å². The summed E-state index contributed by atoms with van der Waals surface area (Å²) in [6.07, 6.45) is 0. The third-order valence-corrected chi connectivity index (χ3v) is 3.03. The van der Waals surface area contributed by atoms with Gasteiger partial charge in [-0.15, -0.1) is 0 Å². The minimum Gasteiger partial charge on any atom is -0.398 e. The Kier molecular flexibility index (Phi) is 3.40. The number of hydrogen-bond donors (Lipinski definition) is 1. The average Bonchev–Trinajstić information content (AvgIpc) is 2.60. The van der Waals surface area contributed by atoms with Gasteiger partial charge in [0, 0.05) is 25.3 Å². The molecule has 0 amide bonds. The molecular weight excluding hydrogens is 212 g/mol. The van der Waals surface area contributed by atoms with Crippen LogP contribution in [0.1, 0.15) is 31.9 Å². The lowest BCUT2D eigenvalue weighted by atomic mass is 10.1. The summed E-state index contributed by atoms with van der Waals surface area (Å²) in [6, 6.07) is 6.17. The second-order valence-electron chi connectivity index (χ2n) is 5.66. The zero-order valence-corrected chi connectivity index (χ0v) is 11.0. The number of hydrogen-bond acceptors (Lipinski definition) is 3. The molecule has 0 aliphatic carbocycles. The normalized spacial score (nSPS) is 16.2. The highest BCUT2D eigenvalue weighted by atomic mass is 16.5. The zero-order valence-electron chi connectivity index (χ0n) is 11.0. The van der Waals surface area contributed by atoms with E-state index >= 15 is 0 Å². The Morgan fingerprint density at radius 1 is 1.29 bits per heavy atom. The van der Waals surface area contributed by atoms with Crippen molar-refractivity contribution in [3.63, 3.8) is 0 Å². The molecular formula is C14H22N2O. The highest BCUT2D eigenvalue weighted by molar-refractivity contribution is 5.52. The molecule has 17 heavy (non-hydrogen) atoms. The van der Waals surface area contributed by atoms with E-state index in [0.717, 1.165) is 31.9 Å². The second-order valence-corrected chi connectivity index (χ2v) is 5.66. The molecule has 0 fully saturated rings. The van der Waals surface area contributed by atoms with Gasteiger partial charge in [0.05, 0.1) is 12.2 Å². The summed E-state index contributed by atoms with van der Waals surface area (Å²) < 4.78 is 5.75. The molecule has 0 saturated heterocycles. The SMILES string of the molecule is CC(C)(C)OCCN1Cc2cccc(N)c2C1. The van der Waals surface area contributed by atoms with Crippen molar-refractivity contribution in [1.82, 2.24) is 4.90 Å². The molecule has 1 aliphatic heterocycles. The van der Waals surface area contributed by atoms with E-state index in [4.69, 9.17) is 10.5 Å². The maximum Gasteiger partial charge on any atom is 0.0600 e. The lowest BCUT2D eigenvalue weighted by Crippen LogP contribution is -2.27. The Balaban J connectivity index is 1.87. The number of fused-ring (bicyclic) bond motifs is 1. The molecule has 1 heterocycles. The van der Waals surface area contributed by atoms with Gasteiger partial charge in [-0.2, -0.15) is 0 Å².